The Morgan fingerprint density at radius 3 is 2.65 bits per heavy atom. The molecule has 1 aliphatic rings. The number of benzene rings is 2. The highest BCUT2D eigenvalue weighted by molar-refractivity contribution is 7.18. The highest BCUT2D eigenvalue weighted by atomic mass is 32.1. The predicted molar refractivity (Wildman–Crippen MR) is 112 cm³/mol. The molecule has 1 fully saturated rings. The van der Waals surface area contributed by atoms with Gasteiger partial charge in [-0.15, -0.1) is 11.3 Å². The van der Waals surface area contributed by atoms with Crippen LogP contribution in [0.25, 0.3) is 10.2 Å². The summed E-state index contributed by atoms with van der Waals surface area (Å²) in [7, 11) is 0. The van der Waals surface area contributed by atoms with Gasteiger partial charge in [-0.1, -0.05) is 31.2 Å². The van der Waals surface area contributed by atoms with Gasteiger partial charge in [-0.2, -0.15) is 0 Å². The monoisotopic (exact) mass is 365 g/mol. The molecule has 2 aromatic carbocycles. The second kappa shape index (κ2) is 8.19. The number of hydrogen-bond donors (Lipinski definition) is 0. The first kappa shape index (κ1) is 17.5. The Morgan fingerprint density at radius 1 is 1.00 bits per heavy atom. The Bertz CT molecular complexity index is 816. The molecule has 2 heterocycles. The number of fused-ring (bicyclic) bond motifs is 1. The van der Waals surface area contributed by atoms with Gasteiger partial charge in [0.05, 0.1) is 15.2 Å². The van der Waals surface area contributed by atoms with Crippen LogP contribution < -0.4 is 4.90 Å². The van der Waals surface area contributed by atoms with E-state index in [2.05, 4.69) is 65.3 Å². The Hall–Kier alpha value is -1.91. The molecule has 0 N–H and O–H groups in total. The Kier molecular flexibility index (Phi) is 5.51. The van der Waals surface area contributed by atoms with Gasteiger partial charge >= 0.3 is 0 Å². The number of thiazole rings is 1. The van der Waals surface area contributed by atoms with Gasteiger partial charge in [0.2, 0.25) is 0 Å². The molecular formula is C22H27N3S. The van der Waals surface area contributed by atoms with Crippen molar-refractivity contribution in [1.29, 1.82) is 0 Å². The van der Waals surface area contributed by atoms with Crippen molar-refractivity contribution in [3.05, 3.63) is 59.1 Å². The Balaban J connectivity index is 1.25. The lowest BCUT2D eigenvalue weighted by atomic mass is 10.1. The van der Waals surface area contributed by atoms with Crippen LogP contribution in [0.15, 0.2) is 48.5 Å². The standard InChI is InChI=1S/C22H27N3S/c1-2-18-7-5-8-19(17-18)25-15-13-24(14-16-25)12-6-11-22-23-20-9-3-4-10-21(20)26-22/h3-5,7-10,17H,2,6,11-16H2,1H3. The van der Waals surface area contributed by atoms with Crippen molar-refractivity contribution in [2.24, 2.45) is 0 Å². The van der Waals surface area contributed by atoms with Gasteiger partial charge in [-0.3, -0.25) is 4.90 Å². The summed E-state index contributed by atoms with van der Waals surface area (Å²) < 4.78 is 1.31. The average molecular weight is 366 g/mol. The molecule has 4 heteroatoms. The summed E-state index contributed by atoms with van der Waals surface area (Å²) >= 11 is 1.85. The third kappa shape index (κ3) is 4.08. The Morgan fingerprint density at radius 2 is 1.85 bits per heavy atom. The number of hydrogen-bond acceptors (Lipinski definition) is 4. The van der Waals surface area contributed by atoms with Crippen LogP contribution in [0.2, 0.25) is 0 Å². The molecular weight excluding hydrogens is 338 g/mol. The maximum atomic E-state index is 4.76. The van der Waals surface area contributed by atoms with Crippen LogP contribution in [0.4, 0.5) is 5.69 Å². The smallest absolute Gasteiger partial charge is 0.0939 e. The van der Waals surface area contributed by atoms with Crippen molar-refractivity contribution in [1.82, 2.24) is 9.88 Å². The summed E-state index contributed by atoms with van der Waals surface area (Å²) in [4.78, 5) is 9.89. The molecule has 3 nitrogen and oxygen atoms in total. The van der Waals surface area contributed by atoms with Crippen LogP contribution in [0.1, 0.15) is 23.9 Å². The number of anilines is 1. The minimum atomic E-state index is 1.10. The number of nitrogens with zero attached hydrogens (tertiary/aromatic N) is 3. The molecule has 0 unspecified atom stereocenters. The maximum absolute atomic E-state index is 4.76. The first-order valence-corrected chi connectivity index (χ1v) is 10.5. The summed E-state index contributed by atoms with van der Waals surface area (Å²) in [6.45, 7) is 8.00. The normalized spacial score (nSPS) is 15.7. The molecule has 1 aromatic heterocycles. The summed E-state index contributed by atoms with van der Waals surface area (Å²) in [5, 5.41) is 1.28. The van der Waals surface area contributed by atoms with Crippen molar-refractivity contribution >= 4 is 27.2 Å². The van der Waals surface area contributed by atoms with E-state index >= 15 is 0 Å². The van der Waals surface area contributed by atoms with Gasteiger partial charge in [0.15, 0.2) is 0 Å². The van der Waals surface area contributed by atoms with Gasteiger partial charge in [0, 0.05) is 38.3 Å². The van der Waals surface area contributed by atoms with E-state index in [0.29, 0.717) is 0 Å². The topological polar surface area (TPSA) is 19.4 Å². The van der Waals surface area contributed by atoms with Gasteiger partial charge in [-0.05, 0) is 49.2 Å². The summed E-state index contributed by atoms with van der Waals surface area (Å²) in [6.07, 6.45) is 3.41. The molecule has 26 heavy (non-hydrogen) atoms. The molecule has 0 saturated carbocycles. The second-order valence-electron chi connectivity index (χ2n) is 7.03. The minimum Gasteiger partial charge on any atom is -0.369 e. The zero-order valence-electron chi connectivity index (χ0n) is 15.5. The van der Waals surface area contributed by atoms with Crippen molar-refractivity contribution in [2.45, 2.75) is 26.2 Å². The molecule has 4 rings (SSSR count). The molecule has 1 aliphatic heterocycles. The number of aromatic nitrogens is 1. The van der Waals surface area contributed by atoms with Crippen LogP contribution in [0.5, 0.6) is 0 Å². The first-order chi connectivity index (χ1) is 12.8. The zero-order chi connectivity index (χ0) is 17.8. The van der Waals surface area contributed by atoms with E-state index in [9.17, 15) is 0 Å². The molecule has 136 valence electrons. The van der Waals surface area contributed by atoms with Crippen molar-refractivity contribution in [3.63, 3.8) is 0 Å². The molecule has 0 radical (unpaired) electrons. The lowest BCUT2D eigenvalue weighted by molar-refractivity contribution is 0.255. The number of aryl methyl sites for hydroxylation is 2. The van der Waals surface area contributed by atoms with Crippen molar-refractivity contribution < 1.29 is 0 Å². The lowest BCUT2D eigenvalue weighted by Crippen LogP contribution is -2.46. The van der Waals surface area contributed by atoms with Crippen molar-refractivity contribution in [2.75, 3.05) is 37.6 Å². The predicted octanol–water partition coefficient (Wildman–Crippen LogP) is 4.61. The quantitative estimate of drug-likeness (QED) is 0.636. The largest absolute Gasteiger partial charge is 0.369 e. The average Bonchev–Trinajstić information content (AvgIpc) is 3.11. The third-order valence-electron chi connectivity index (χ3n) is 5.26. The summed E-state index contributed by atoms with van der Waals surface area (Å²) in [5.74, 6) is 0. The fraction of sp³-hybridized carbons (Fsp3) is 0.409. The van der Waals surface area contributed by atoms with Gasteiger partial charge in [-0.25, -0.2) is 4.98 Å². The van der Waals surface area contributed by atoms with E-state index in [4.69, 9.17) is 4.98 Å². The molecule has 0 bridgehead atoms. The van der Waals surface area contributed by atoms with Crippen molar-refractivity contribution in [3.8, 4) is 0 Å². The molecule has 1 saturated heterocycles. The second-order valence-corrected chi connectivity index (χ2v) is 8.15. The molecule has 0 atom stereocenters. The van der Waals surface area contributed by atoms with Crippen LogP contribution in [-0.4, -0.2) is 42.6 Å². The lowest BCUT2D eigenvalue weighted by Gasteiger charge is -2.36. The minimum absolute atomic E-state index is 1.10. The SMILES string of the molecule is CCc1cccc(N2CCN(CCCc3nc4ccccc4s3)CC2)c1. The fourth-order valence-electron chi connectivity index (χ4n) is 3.68. The maximum Gasteiger partial charge on any atom is 0.0939 e. The van der Waals surface area contributed by atoms with E-state index in [-0.39, 0.29) is 0 Å². The van der Waals surface area contributed by atoms with Crippen LogP contribution >= 0.6 is 11.3 Å². The van der Waals surface area contributed by atoms with Crippen LogP contribution in [-0.2, 0) is 12.8 Å². The summed E-state index contributed by atoms with van der Waals surface area (Å²) in [5.41, 5.74) is 3.97. The van der Waals surface area contributed by atoms with Crippen LogP contribution in [0, 0.1) is 0 Å². The Labute approximate surface area is 160 Å². The number of para-hydroxylation sites is 1. The zero-order valence-corrected chi connectivity index (χ0v) is 16.3. The first-order valence-electron chi connectivity index (χ1n) is 9.72. The third-order valence-corrected chi connectivity index (χ3v) is 6.36. The van der Waals surface area contributed by atoms with Gasteiger partial charge in [0.1, 0.15) is 0 Å². The number of rotatable bonds is 6. The highest BCUT2D eigenvalue weighted by Crippen LogP contribution is 2.23. The molecule has 0 amide bonds. The summed E-state index contributed by atoms with van der Waals surface area (Å²) in [6, 6.07) is 17.5. The fourth-order valence-corrected chi connectivity index (χ4v) is 4.69. The van der Waals surface area contributed by atoms with Gasteiger partial charge in [0.25, 0.3) is 0 Å². The molecule has 0 spiro atoms. The van der Waals surface area contributed by atoms with Gasteiger partial charge < -0.3 is 4.90 Å². The van der Waals surface area contributed by atoms with E-state index in [1.165, 1.54) is 33.9 Å². The number of piperazine rings is 1. The molecule has 3 aromatic rings. The highest BCUT2D eigenvalue weighted by Gasteiger charge is 2.17. The molecule has 0 aliphatic carbocycles. The van der Waals surface area contributed by atoms with E-state index in [1.807, 2.05) is 11.3 Å². The van der Waals surface area contributed by atoms with Crippen LogP contribution in [0.3, 0.4) is 0 Å². The van der Waals surface area contributed by atoms with E-state index in [1.54, 1.807) is 0 Å². The van der Waals surface area contributed by atoms with E-state index in [0.717, 1.165) is 44.5 Å². The van der Waals surface area contributed by atoms with E-state index < -0.39 is 0 Å².